The first kappa shape index (κ1) is 25.4. The molecule has 0 aromatic heterocycles. The van der Waals surface area contributed by atoms with E-state index in [1.54, 1.807) is 0 Å². The van der Waals surface area contributed by atoms with Crippen LogP contribution in [0.3, 0.4) is 0 Å². The molecule has 1 heterocycles. The smallest absolute Gasteiger partial charge is 0.250 e. The lowest BCUT2D eigenvalue weighted by Crippen LogP contribution is -2.34. The van der Waals surface area contributed by atoms with Crippen LogP contribution in [0, 0.1) is 0 Å². The van der Waals surface area contributed by atoms with E-state index in [-0.39, 0.29) is 5.91 Å². The Labute approximate surface area is 203 Å². The second-order valence-corrected chi connectivity index (χ2v) is 8.61. The summed E-state index contributed by atoms with van der Waals surface area (Å²) in [6.07, 6.45) is 6.04. The average Bonchev–Trinajstić information content (AvgIpc) is 3.05. The Morgan fingerprint density at radius 3 is 2.41 bits per heavy atom. The zero-order chi connectivity index (χ0) is 24.5. The number of amidine groups is 1. The van der Waals surface area contributed by atoms with Crippen LogP contribution in [0.2, 0.25) is 0 Å². The number of aldehydes is 1. The molecule has 0 fully saturated rings. The standard InChI is InChI=1S/C28H36N4O2/c1-5-13-32(14-6-2)28(34)25-16-23-9-7-21(17-26(23)31-27(18-25)30-4)20-8-10-24(19-33)22(15-20)11-12-29-3/h7-10,15-17,19,29H,5-6,11-14,18H2,1-4H3,(H,30,31). The molecule has 0 bridgehead atoms. The molecule has 1 amide bonds. The minimum Gasteiger partial charge on any atom is -0.376 e. The van der Waals surface area contributed by atoms with Crippen molar-refractivity contribution >= 4 is 29.8 Å². The van der Waals surface area contributed by atoms with Gasteiger partial charge in [0.05, 0.1) is 5.69 Å². The van der Waals surface area contributed by atoms with E-state index in [1.807, 2.05) is 43.3 Å². The number of fused-ring (bicyclic) bond motifs is 1. The lowest BCUT2D eigenvalue weighted by atomic mass is 9.96. The Kier molecular flexibility index (Phi) is 9.16. The third kappa shape index (κ3) is 6.00. The number of amides is 1. The third-order valence-electron chi connectivity index (χ3n) is 6.06. The molecular formula is C28H36N4O2. The number of benzene rings is 2. The molecule has 0 saturated carbocycles. The summed E-state index contributed by atoms with van der Waals surface area (Å²) >= 11 is 0. The van der Waals surface area contributed by atoms with E-state index in [0.29, 0.717) is 6.42 Å². The van der Waals surface area contributed by atoms with E-state index >= 15 is 0 Å². The number of carbonyl (C=O) groups excluding carboxylic acids is 2. The minimum absolute atomic E-state index is 0.0854. The maximum absolute atomic E-state index is 13.3. The molecule has 2 N–H and O–H groups in total. The third-order valence-corrected chi connectivity index (χ3v) is 6.06. The summed E-state index contributed by atoms with van der Waals surface area (Å²) in [5.41, 5.74) is 6.34. The van der Waals surface area contributed by atoms with Gasteiger partial charge in [0.1, 0.15) is 12.1 Å². The summed E-state index contributed by atoms with van der Waals surface area (Å²) in [6.45, 7) is 6.52. The molecule has 0 radical (unpaired) electrons. The van der Waals surface area contributed by atoms with Crippen LogP contribution in [0.25, 0.3) is 17.2 Å². The summed E-state index contributed by atoms with van der Waals surface area (Å²) in [5, 5.41) is 6.32. The van der Waals surface area contributed by atoms with Crippen LogP contribution in [0.4, 0.5) is 5.69 Å². The van der Waals surface area contributed by atoms with Gasteiger partial charge in [-0.1, -0.05) is 44.2 Å². The average molecular weight is 461 g/mol. The zero-order valence-electron chi connectivity index (χ0n) is 20.8. The summed E-state index contributed by atoms with van der Waals surface area (Å²) in [6, 6.07) is 12.1. The van der Waals surface area contributed by atoms with Gasteiger partial charge in [-0.3, -0.25) is 9.59 Å². The van der Waals surface area contributed by atoms with E-state index < -0.39 is 0 Å². The van der Waals surface area contributed by atoms with Crippen molar-refractivity contribution < 1.29 is 9.59 Å². The van der Waals surface area contributed by atoms with Crippen LogP contribution >= 0.6 is 0 Å². The molecule has 1 aliphatic heterocycles. The highest BCUT2D eigenvalue weighted by atomic mass is 16.2. The zero-order valence-corrected chi connectivity index (χ0v) is 20.8. The molecule has 0 saturated heterocycles. The first-order valence-electron chi connectivity index (χ1n) is 12.2. The van der Waals surface area contributed by atoms with Gasteiger partial charge >= 0.3 is 0 Å². The van der Waals surface area contributed by atoms with Crippen LogP contribution in [-0.4, -0.2) is 56.7 Å². The summed E-state index contributed by atoms with van der Waals surface area (Å²) < 4.78 is 0. The van der Waals surface area contributed by atoms with Crippen LogP contribution in [0.1, 0.15) is 54.6 Å². The second kappa shape index (κ2) is 12.3. The van der Waals surface area contributed by atoms with Gasteiger partial charge in [0.15, 0.2) is 0 Å². The highest BCUT2D eigenvalue weighted by Crippen LogP contribution is 2.33. The van der Waals surface area contributed by atoms with Crippen LogP contribution < -0.4 is 10.6 Å². The maximum atomic E-state index is 13.3. The van der Waals surface area contributed by atoms with Crippen LogP contribution in [-0.2, 0) is 11.2 Å². The Morgan fingerprint density at radius 2 is 1.76 bits per heavy atom. The molecule has 0 atom stereocenters. The van der Waals surface area contributed by atoms with Gasteiger partial charge in [0, 0.05) is 43.3 Å². The van der Waals surface area contributed by atoms with Gasteiger partial charge in [-0.2, -0.15) is 0 Å². The Bertz CT molecular complexity index is 1080. The van der Waals surface area contributed by atoms with Gasteiger partial charge in [-0.25, -0.2) is 4.99 Å². The molecule has 1 aliphatic rings. The van der Waals surface area contributed by atoms with E-state index in [1.165, 1.54) is 0 Å². The predicted molar refractivity (Wildman–Crippen MR) is 141 cm³/mol. The molecule has 0 unspecified atom stereocenters. The molecule has 6 heteroatoms. The van der Waals surface area contributed by atoms with Crippen molar-refractivity contribution in [3.63, 3.8) is 0 Å². The Morgan fingerprint density at radius 1 is 1.06 bits per heavy atom. The Balaban J connectivity index is 2.00. The number of rotatable bonds is 10. The second-order valence-electron chi connectivity index (χ2n) is 8.61. The fourth-order valence-electron chi connectivity index (χ4n) is 4.26. The van der Waals surface area contributed by atoms with Crippen molar-refractivity contribution in [1.82, 2.24) is 15.5 Å². The van der Waals surface area contributed by atoms with E-state index in [9.17, 15) is 9.59 Å². The molecule has 34 heavy (non-hydrogen) atoms. The number of nitrogens with zero attached hydrogens (tertiary/aromatic N) is 2. The fraction of sp³-hybridized carbons (Fsp3) is 0.393. The normalized spacial score (nSPS) is 12.8. The Hall–Kier alpha value is -3.25. The summed E-state index contributed by atoms with van der Waals surface area (Å²) in [4.78, 5) is 31.6. The lowest BCUT2D eigenvalue weighted by Gasteiger charge is -2.23. The van der Waals surface area contributed by atoms with Crippen molar-refractivity contribution in [3.8, 4) is 11.1 Å². The van der Waals surface area contributed by atoms with Gasteiger partial charge in [-0.05, 0) is 61.7 Å². The predicted octanol–water partition coefficient (Wildman–Crippen LogP) is 4.61. The van der Waals surface area contributed by atoms with E-state index in [0.717, 1.165) is 90.1 Å². The quantitative estimate of drug-likeness (QED) is 0.508. The van der Waals surface area contributed by atoms with Crippen molar-refractivity contribution in [2.45, 2.75) is 39.5 Å². The molecule has 2 aromatic carbocycles. The largest absolute Gasteiger partial charge is 0.376 e. The fourth-order valence-corrected chi connectivity index (χ4v) is 4.26. The topological polar surface area (TPSA) is 73.8 Å². The van der Waals surface area contributed by atoms with Crippen molar-refractivity contribution in [2.24, 2.45) is 4.99 Å². The van der Waals surface area contributed by atoms with E-state index in [4.69, 9.17) is 4.99 Å². The van der Waals surface area contributed by atoms with Crippen LogP contribution in [0.15, 0.2) is 47.0 Å². The van der Waals surface area contributed by atoms with Crippen molar-refractivity contribution in [2.75, 3.05) is 33.7 Å². The lowest BCUT2D eigenvalue weighted by molar-refractivity contribution is -0.127. The first-order valence-corrected chi connectivity index (χ1v) is 12.2. The number of aliphatic imine (C=N–C) groups is 1. The van der Waals surface area contributed by atoms with Gasteiger partial charge in [-0.15, -0.1) is 0 Å². The monoisotopic (exact) mass is 460 g/mol. The van der Waals surface area contributed by atoms with E-state index in [2.05, 4.69) is 42.7 Å². The van der Waals surface area contributed by atoms with Gasteiger partial charge < -0.3 is 15.5 Å². The minimum atomic E-state index is 0.0854. The SMILES string of the molecule is CCCN(CCC)C(=O)C1=Cc2ccc(-c3ccc(C=O)c(CCNC)c3)cc2N=C(NC)C1. The summed E-state index contributed by atoms with van der Waals surface area (Å²) in [7, 11) is 3.75. The van der Waals surface area contributed by atoms with Gasteiger partial charge in [0.25, 0.3) is 0 Å². The maximum Gasteiger partial charge on any atom is 0.250 e. The molecule has 0 spiro atoms. The highest BCUT2D eigenvalue weighted by molar-refractivity contribution is 6.06. The molecule has 6 nitrogen and oxygen atoms in total. The highest BCUT2D eigenvalue weighted by Gasteiger charge is 2.21. The molecule has 180 valence electrons. The molecule has 3 rings (SSSR count). The van der Waals surface area contributed by atoms with Crippen molar-refractivity contribution in [3.05, 3.63) is 58.7 Å². The summed E-state index contributed by atoms with van der Waals surface area (Å²) in [5.74, 6) is 0.858. The number of carbonyl (C=O) groups is 2. The number of hydrogen-bond acceptors (Lipinski definition) is 5. The first-order chi connectivity index (χ1) is 16.5. The van der Waals surface area contributed by atoms with Crippen molar-refractivity contribution in [1.29, 1.82) is 0 Å². The number of nitrogens with one attached hydrogen (secondary N) is 2. The van der Waals surface area contributed by atoms with Crippen LogP contribution in [0.5, 0.6) is 0 Å². The number of likely N-dealkylation sites (N-methyl/N-ethyl adjacent to an activating group) is 1. The number of hydrogen-bond donors (Lipinski definition) is 2. The van der Waals surface area contributed by atoms with Gasteiger partial charge in [0.2, 0.25) is 5.91 Å². The molecule has 0 aliphatic carbocycles. The molecule has 2 aromatic rings. The molecular weight excluding hydrogens is 424 g/mol.